The molecule has 1 heterocycles. The van der Waals surface area contributed by atoms with Crippen molar-refractivity contribution < 1.29 is 27.3 Å². The number of furan rings is 1. The maximum atomic E-state index is 13.0. The number of hydrogen-bond acceptors (Lipinski definition) is 5. The molecule has 8 heteroatoms. The summed E-state index contributed by atoms with van der Waals surface area (Å²) in [5, 5.41) is 2.76. The van der Waals surface area contributed by atoms with Crippen LogP contribution in [0.3, 0.4) is 0 Å². The molecule has 6 nitrogen and oxygen atoms in total. The number of nitrogens with one attached hydrogen (secondary N) is 1. The molecule has 1 N–H and O–H groups in total. The standard InChI is InChI=1S/C21H20FNO5S/c1-26-18-5-3-4-14(20(18)27-2)12-23-21(24)19-11-8-16(28-19)13-29(25)17-9-6-15(22)7-10-17/h3-11H,12-13H2,1-2H3,(H,23,24)/t29-/m0/s1. The molecule has 0 bridgehead atoms. The lowest BCUT2D eigenvalue weighted by Crippen LogP contribution is -2.22. The van der Waals surface area contributed by atoms with E-state index in [4.69, 9.17) is 13.9 Å². The summed E-state index contributed by atoms with van der Waals surface area (Å²) in [5.74, 6) is 0.912. The number of carbonyl (C=O) groups is 1. The molecule has 0 aliphatic carbocycles. The van der Waals surface area contributed by atoms with Crippen molar-refractivity contribution >= 4 is 16.7 Å². The maximum Gasteiger partial charge on any atom is 0.287 e. The second-order valence-electron chi connectivity index (χ2n) is 6.05. The van der Waals surface area contributed by atoms with Gasteiger partial charge in [-0.05, 0) is 42.5 Å². The normalized spacial score (nSPS) is 11.7. The Kier molecular flexibility index (Phi) is 6.66. The molecule has 1 amide bonds. The lowest BCUT2D eigenvalue weighted by molar-refractivity contribution is 0.0921. The van der Waals surface area contributed by atoms with Gasteiger partial charge >= 0.3 is 0 Å². The van der Waals surface area contributed by atoms with Crippen LogP contribution in [0.2, 0.25) is 0 Å². The van der Waals surface area contributed by atoms with E-state index in [0.717, 1.165) is 5.56 Å². The van der Waals surface area contributed by atoms with E-state index in [1.54, 1.807) is 25.3 Å². The molecular formula is C21H20FNO5S. The third-order valence-corrected chi connectivity index (χ3v) is 5.50. The van der Waals surface area contributed by atoms with Gasteiger partial charge in [0, 0.05) is 17.0 Å². The highest BCUT2D eigenvalue weighted by Crippen LogP contribution is 2.30. The highest BCUT2D eigenvalue weighted by Gasteiger charge is 2.15. The number of benzene rings is 2. The Morgan fingerprint density at radius 1 is 1.07 bits per heavy atom. The number of hydrogen-bond donors (Lipinski definition) is 1. The molecule has 0 saturated carbocycles. The number of para-hydroxylation sites is 1. The number of rotatable bonds is 8. The molecule has 0 unspecified atom stereocenters. The van der Waals surface area contributed by atoms with Crippen molar-refractivity contribution in [1.29, 1.82) is 0 Å². The number of carbonyl (C=O) groups excluding carboxylic acids is 1. The highest BCUT2D eigenvalue weighted by atomic mass is 32.2. The topological polar surface area (TPSA) is 77.8 Å². The molecule has 0 fully saturated rings. The molecular weight excluding hydrogens is 397 g/mol. The van der Waals surface area contributed by atoms with Gasteiger partial charge in [0.15, 0.2) is 17.3 Å². The third kappa shape index (κ3) is 5.03. The van der Waals surface area contributed by atoms with Crippen molar-refractivity contribution in [2.75, 3.05) is 14.2 Å². The van der Waals surface area contributed by atoms with Crippen LogP contribution >= 0.6 is 0 Å². The molecule has 3 rings (SSSR count). The van der Waals surface area contributed by atoms with Crippen LogP contribution in [0.5, 0.6) is 11.5 Å². The number of halogens is 1. The maximum absolute atomic E-state index is 13.0. The van der Waals surface area contributed by atoms with Crippen molar-refractivity contribution in [2.45, 2.75) is 17.2 Å². The SMILES string of the molecule is COc1cccc(CNC(=O)c2ccc(C[S@](=O)c3ccc(F)cc3)o2)c1OC. The molecule has 0 aliphatic heterocycles. The third-order valence-electron chi connectivity index (χ3n) is 4.16. The Hall–Kier alpha value is -3.13. The minimum atomic E-state index is -1.41. The van der Waals surface area contributed by atoms with Crippen LogP contribution in [-0.2, 0) is 23.1 Å². The van der Waals surface area contributed by atoms with Crippen LogP contribution in [0.4, 0.5) is 4.39 Å². The predicted molar refractivity (Wildman–Crippen MR) is 106 cm³/mol. The molecule has 1 atom stereocenters. The summed E-state index contributed by atoms with van der Waals surface area (Å²) in [7, 11) is 1.67. The molecule has 0 spiro atoms. The van der Waals surface area contributed by atoms with Gasteiger partial charge in [-0.2, -0.15) is 0 Å². The summed E-state index contributed by atoms with van der Waals surface area (Å²) in [5.41, 5.74) is 0.754. The first-order chi connectivity index (χ1) is 14.0. The van der Waals surface area contributed by atoms with Crippen LogP contribution in [-0.4, -0.2) is 24.3 Å². The molecule has 0 radical (unpaired) electrons. The van der Waals surface area contributed by atoms with Crippen LogP contribution in [0, 0.1) is 5.82 Å². The predicted octanol–water partition coefficient (Wildman–Crippen LogP) is 3.67. The van der Waals surface area contributed by atoms with Gasteiger partial charge in [0.2, 0.25) is 0 Å². The lowest BCUT2D eigenvalue weighted by Gasteiger charge is -2.12. The van der Waals surface area contributed by atoms with Crippen LogP contribution in [0.25, 0.3) is 0 Å². The summed E-state index contributed by atoms with van der Waals surface area (Å²) in [6.07, 6.45) is 0. The first-order valence-electron chi connectivity index (χ1n) is 8.72. The minimum absolute atomic E-state index is 0.0859. The van der Waals surface area contributed by atoms with Crippen molar-refractivity contribution in [2.24, 2.45) is 0 Å². The molecule has 0 aliphatic rings. The second kappa shape index (κ2) is 9.38. The Morgan fingerprint density at radius 2 is 1.83 bits per heavy atom. The zero-order valence-corrected chi connectivity index (χ0v) is 16.8. The summed E-state index contributed by atoms with van der Waals surface area (Å²) < 4.78 is 41.4. The van der Waals surface area contributed by atoms with Crippen molar-refractivity contribution in [3.05, 3.63) is 77.5 Å². The monoisotopic (exact) mass is 417 g/mol. The van der Waals surface area contributed by atoms with Crippen LogP contribution in [0.15, 0.2) is 63.9 Å². The molecule has 29 heavy (non-hydrogen) atoms. The first-order valence-corrected chi connectivity index (χ1v) is 10.0. The van der Waals surface area contributed by atoms with Gasteiger partial charge < -0.3 is 19.2 Å². The van der Waals surface area contributed by atoms with Gasteiger partial charge in [-0.1, -0.05) is 12.1 Å². The van der Waals surface area contributed by atoms with Crippen LogP contribution in [0.1, 0.15) is 21.9 Å². The Morgan fingerprint density at radius 3 is 2.52 bits per heavy atom. The Balaban J connectivity index is 1.62. The Labute approximate surface area is 170 Å². The van der Waals surface area contributed by atoms with Crippen molar-refractivity contribution in [3.8, 4) is 11.5 Å². The summed E-state index contributed by atoms with van der Waals surface area (Å²) >= 11 is 0. The fourth-order valence-electron chi connectivity index (χ4n) is 2.73. The molecule has 1 aromatic heterocycles. The average molecular weight is 417 g/mol. The first kappa shape index (κ1) is 20.6. The van der Waals surface area contributed by atoms with E-state index >= 15 is 0 Å². The summed E-state index contributed by atoms with van der Waals surface area (Å²) in [6.45, 7) is 0.219. The summed E-state index contributed by atoms with van der Waals surface area (Å²) in [6, 6.07) is 13.9. The molecule has 3 aromatic rings. The van der Waals surface area contributed by atoms with Crippen molar-refractivity contribution in [3.63, 3.8) is 0 Å². The zero-order chi connectivity index (χ0) is 20.8. The molecule has 152 valence electrons. The van der Waals surface area contributed by atoms with Gasteiger partial charge in [-0.25, -0.2) is 4.39 Å². The van der Waals surface area contributed by atoms with E-state index in [2.05, 4.69) is 5.32 Å². The fraction of sp³-hybridized carbons (Fsp3) is 0.190. The minimum Gasteiger partial charge on any atom is -0.493 e. The average Bonchev–Trinajstić information content (AvgIpc) is 3.20. The van der Waals surface area contributed by atoms with Crippen LogP contribution < -0.4 is 14.8 Å². The fourth-order valence-corrected chi connectivity index (χ4v) is 3.75. The number of amides is 1. The molecule has 2 aromatic carbocycles. The quantitative estimate of drug-likeness (QED) is 0.605. The van der Waals surface area contributed by atoms with Gasteiger partial charge in [-0.3, -0.25) is 9.00 Å². The zero-order valence-electron chi connectivity index (χ0n) is 15.9. The van der Waals surface area contributed by atoms with Gasteiger partial charge in [0.1, 0.15) is 11.6 Å². The second-order valence-corrected chi connectivity index (χ2v) is 7.50. The highest BCUT2D eigenvalue weighted by molar-refractivity contribution is 7.84. The smallest absolute Gasteiger partial charge is 0.287 e. The van der Waals surface area contributed by atoms with E-state index in [0.29, 0.717) is 22.2 Å². The van der Waals surface area contributed by atoms with Gasteiger partial charge in [0.05, 0.1) is 30.8 Å². The molecule has 0 saturated heterocycles. The van der Waals surface area contributed by atoms with E-state index in [1.165, 1.54) is 37.4 Å². The lowest BCUT2D eigenvalue weighted by atomic mass is 10.2. The van der Waals surface area contributed by atoms with Gasteiger partial charge in [0.25, 0.3) is 5.91 Å². The summed E-state index contributed by atoms with van der Waals surface area (Å²) in [4.78, 5) is 12.9. The van der Waals surface area contributed by atoms with E-state index in [9.17, 15) is 13.4 Å². The number of ether oxygens (including phenoxy) is 2. The largest absolute Gasteiger partial charge is 0.493 e. The van der Waals surface area contributed by atoms with E-state index in [1.807, 2.05) is 6.07 Å². The van der Waals surface area contributed by atoms with Gasteiger partial charge in [-0.15, -0.1) is 0 Å². The Bertz CT molecular complexity index is 1020. The van der Waals surface area contributed by atoms with E-state index in [-0.39, 0.29) is 18.1 Å². The van der Waals surface area contributed by atoms with Crippen molar-refractivity contribution in [1.82, 2.24) is 5.32 Å². The van der Waals surface area contributed by atoms with E-state index < -0.39 is 22.5 Å². The number of methoxy groups -OCH3 is 2.